The summed E-state index contributed by atoms with van der Waals surface area (Å²) in [6.45, 7) is 4.07. The van der Waals surface area contributed by atoms with Crippen LogP contribution in [0.2, 0.25) is 0 Å². The van der Waals surface area contributed by atoms with Gasteiger partial charge in [-0.25, -0.2) is 0 Å². The highest BCUT2D eigenvalue weighted by molar-refractivity contribution is 5.98. The second-order valence-corrected chi connectivity index (χ2v) is 5.71. The minimum atomic E-state index is -0.557. The molecule has 1 N–H and O–H groups in total. The summed E-state index contributed by atoms with van der Waals surface area (Å²) in [6.07, 6.45) is 0.449. The summed E-state index contributed by atoms with van der Waals surface area (Å²) in [4.78, 5) is 12.2. The Balaban J connectivity index is 1.87. The van der Waals surface area contributed by atoms with Gasteiger partial charge in [-0.15, -0.1) is 0 Å². The van der Waals surface area contributed by atoms with Gasteiger partial charge in [0.05, 0.1) is 18.8 Å². The number of carbonyl (C=O) groups is 1. The molecule has 2 unspecified atom stereocenters. The van der Waals surface area contributed by atoms with Crippen LogP contribution in [-0.2, 0) is 0 Å². The molecule has 0 saturated heterocycles. The Hall–Kier alpha value is -2.69. The van der Waals surface area contributed by atoms with E-state index >= 15 is 0 Å². The SMILES string of the molecule is CCC(C)Oc1ccc(C2NC(=O)c3ccccc3O2)cc1OC. The fourth-order valence-corrected chi connectivity index (χ4v) is 2.51. The predicted molar refractivity (Wildman–Crippen MR) is 90.7 cm³/mol. The zero-order valence-electron chi connectivity index (χ0n) is 14.0. The van der Waals surface area contributed by atoms with E-state index in [0.29, 0.717) is 22.8 Å². The van der Waals surface area contributed by atoms with Gasteiger partial charge in [0.25, 0.3) is 5.91 Å². The summed E-state index contributed by atoms with van der Waals surface area (Å²) in [5, 5.41) is 2.85. The highest BCUT2D eigenvalue weighted by atomic mass is 16.5. The van der Waals surface area contributed by atoms with Crippen molar-refractivity contribution in [2.45, 2.75) is 32.6 Å². The van der Waals surface area contributed by atoms with E-state index in [2.05, 4.69) is 12.2 Å². The summed E-state index contributed by atoms with van der Waals surface area (Å²) >= 11 is 0. The summed E-state index contributed by atoms with van der Waals surface area (Å²) in [7, 11) is 1.60. The van der Waals surface area contributed by atoms with Crippen LogP contribution in [0, 0.1) is 0 Å². The fraction of sp³-hybridized carbons (Fsp3) is 0.316. The van der Waals surface area contributed by atoms with E-state index in [4.69, 9.17) is 14.2 Å². The Labute approximate surface area is 141 Å². The van der Waals surface area contributed by atoms with E-state index < -0.39 is 6.23 Å². The number of ether oxygens (including phenoxy) is 3. The molecule has 0 radical (unpaired) electrons. The number of rotatable bonds is 5. The van der Waals surface area contributed by atoms with Crippen molar-refractivity contribution in [1.29, 1.82) is 0 Å². The third-order valence-corrected chi connectivity index (χ3v) is 4.03. The van der Waals surface area contributed by atoms with Crippen molar-refractivity contribution < 1.29 is 19.0 Å². The molecule has 1 amide bonds. The van der Waals surface area contributed by atoms with Crippen molar-refractivity contribution in [3.8, 4) is 17.2 Å². The maximum atomic E-state index is 12.2. The lowest BCUT2D eigenvalue weighted by molar-refractivity contribution is 0.0755. The summed E-state index contributed by atoms with van der Waals surface area (Å²) in [5.74, 6) is 1.72. The van der Waals surface area contributed by atoms with Crippen molar-refractivity contribution >= 4 is 5.91 Å². The van der Waals surface area contributed by atoms with E-state index in [9.17, 15) is 4.79 Å². The molecular formula is C19H21NO4. The van der Waals surface area contributed by atoms with Gasteiger partial charge in [0.15, 0.2) is 17.7 Å². The molecule has 0 aromatic heterocycles. The zero-order chi connectivity index (χ0) is 17.1. The van der Waals surface area contributed by atoms with Crippen LogP contribution >= 0.6 is 0 Å². The average Bonchev–Trinajstić information content (AvgIpc) is 2.61. The van der Waals surface area contributed by atoms with Gasteiger partial charge in [-0.2, -0.15) is 0 Å². The molecule has 1 heterocycles. The largest absolute Gasteiger partial charge is 0.493 e. The topological polar surface area (TPSA) is 56.8 Å². The lowest BCUT2D eigenvalue weighted by atomic mass is 10.1. The number of amides is 1. The van der Waals surface area contributed by atoms with Gasteiger partial charge in [0.1, 0.15) is 5.75 Å². The number of benzene rings is 2. The Morgan fingerprint density at radius 3 is 2.75 bits per heavy atom. The van der Waals surface area contributed by atoms with Crippen molar-refractivity contribution in [2.75, 3.05) is 7.11 Å². The third-order valence-electron chi connectivity index (χ3n) is 4.03. The molecule has 0 fully saturated rings. The van der Waals surface area contributed by atoms with Crippen molar-refractivity contribution in [3.63, 3.8) is 0 Å². The molecule has 2 aromatic rings. The van der Waals surface area contributed by atoms with E-state index in [1.165, 1.54) is 0 Å². The Kier molecular flexibility index (Phi) is 4.60. The number of para-hydroxylation sites is 1. The highest BCUT2D eigenvalue weighted by Crippen LogP contribution is 2.34. The van der Waals surface area contributed by atoms with Gasteiger partial charge in [-0.05, 0) is 43.7 Å². The minimum absolute atomic E-state index is 0.0993. The van der Waals surface area contributed by atoms with E-state index in [0.717, 1.165) is 12.0 Å². The van der Waals surface area contributed by atoms with Crippen LogP contribution in [0.1, 0.15) is 42.4 Å². The normalized spacial score (nSPS) is 17.3. The number of nitrogens with one attached hydrogen (secondary N) is 1. The first-order valence-electron chi connectivity index (χ1n) is 8.03. The molecule has 0 aliphatic carbocycles. The second kappa shape index (κ2) is 6.83. The molecule has 1 aliphatic heterocycles. The summed E-state index contributed by atoms with van der Waals surface area (Å²) in [5.41, 5.74) is 1.34. The first-order chi connectivity index (χ1) is 11.6. The van der Waals surface area contributed by atoms with Gasteiger partial charge in [-0.1, -0.05) is 19.1 Å². The van der Waals surface area contributed by atoms with Crippen LogP contribution in [0.5, 0.6) is 17.2 Å². The Bertz CT molecular complexity index is 744. The van der Waals surface area contributed by atoms with Gasteiger partial charge in [-0.3, -0.25) is 4.79 Å². The van der Waals surface area contributed by atoms with Gasteiger partial charge in [0.2, 0.25) is 0 Å². The molecule has 0 spiro atoms. The Morgan fingerprint density at radius 2 is 2.00 bits per heavy atom. The molecule has 2 aromatic carbocycles. The summed E-state index contributed by atoms with van der Waals surface area (Å²) < 4.78 is 17.2. The first-order valence-corrected chi connectivity index (χ1v) is 8.03. The van der Waals surface area contributed by atoms with E-state index in [1.54, 1.807) is 19.2 Å². The van der Waals surface area contributed by atoms with Crippen LogP contribution in [0.15, 0.2) is 42.5 Å². The molecule has 1 aliphatic rings. The molecule has 5 heteroatoms. The second-order valence-electron chi connectivity index (χ2n) is 5.71. The standard InChI is InChI=1S/C19H21NO4/c1-4-12(2)23-16-10-9-13(11-17(16)22-3)19-20-18(21)14-7-5-6-8-15(14)24-19/h5-12,19H,4H2,1-3H3,(H,20,21). The number of methoxy groups -OCH3 is 1. The fourth-order valence-electron chi connectivity index (χ4n) is 2.51. The Morgan fingerprint density at radius 1 is 1.21 bits per heavy atom. The molecule has 0 bridgehead atoms. The number of carbonyl (C=O) groups excluding carboxylic acids is 1. The lowest BCUT2D eigenvalue weighted by Crippen LogP contribution is -2.36. The monoisotopic (exact) mass is 327 g/mol. The zero-order valence-corrected chi connectivity index (χ0v) is 14.0. The van der Waals surface area contributed by atoms with Gasteiger partial charge in [0, 0.05) is 5.56 Å². The number of hydrogen-bond acceptors (Lipinski definition) is 4. The molecule has 2 atom stereocenters. The number of hydrogen-bond donors (Lipinski definition) is 1. The third kappa shape index (κ3) is 3.15. The average molecular weight is 327 g/mol. The van der Waals surface area contributed by atoms with Crippen LogP contribution in [0.3, 0.4) is 0 Å². The van der Waals surface area contributed by atoms with E-state index in [-0.39, 0.29) is 12.0 Å². The molecule has 24 heavy (non-hydrogen) atoms. The lowest BCUT2D eigenvalue weighted by Gasteiger charge is -2.27. The molecular weight excluding hydrogens is 306 g/mol. The maximum Gasteiger partial charge on any atom is 0.258 e. The van der Waals surface area contributed by atoms with Crippen molar-refractivity contribution in [1.82, 2.24) is 5.32 Å². The quantitative estimate of drug-likeness (QED) is 0.910. The predicted octanol–water partition coefficient (Wildman–Crippen LogP) is 3.69. The molecule has 0 saturated carbocycles. The maximum absolute atomic E-state index is 12.2. The highest BCUT2D eigenvalue weighted by Gasteiger charge is 2.27. The first kappa shape index (κ1) is 16.2. The van der Waals surface area contributed by atoms with Gasteiger partial charge >= 0.3 is 0 Å². The van der Waals surface area contributed by atoms with Gasteiger partial charge < -0.3 is 19.5 Å². The molecule has 5 nitrogen and oxygen atoms in total. The van der Waals surface area contributed by atoms with E-state index in [1.807, 2.05) is 37.3 Å². The summed E-state index contributed by atoms with van der Waals surface area (Å²) in [6, 6.07) is 12.7. The molecule has 126 valence electrons. The van der Waals surface area contributed by atoms with Crippen LogP contribution < -0.4 is 19.5 Å². The van der Waals surface area contributed by atoms with Crippen LogP contribution in [0.25, 0.3) is 0 Å². The smallest absolute Gasteiger partial charge is 0.258 e. The van der Waals surface area contributed by atoms with Crippen LogP contribution in [-0.4, -0.2) is 19.1 Å². The van der Waals surface area contributed by atoms with Crippen LogP contribution in [0.4, 0.5) is 0 Å². The van der Waals surface area contributed by atoms with Crippen molar-refractivity contribution in [2.24, 2.45) is 0 Å². The number of fused-ring (bicyclic) bond motifs is 1. The molecule has 3 rings (SSSR count). The minimum Gasteiger partial charge on any atom is -0.493 e. The van der Waals surface area contributed by atoms with Crippen molar-refractivity contribution in [3.05, 3.63) is 53.6 Å².